The maximum atomic E-state index is 6.05. The highest BCUT2D eigenvalue weighted by molar-refractivity contribution is 6.02. The third kappa shape index (κ3) is 5.33. The van der Waals surface area contributed by atoms with Gasteiger partial charge in [0.2, 0.25) is 5.90 Å². The Bertz CT molecular complexity index is 1350. The molecular weight excluding hydrogens is 430 g/mol. The van der Waals surface area contributed by atoms with Gasteiger partial charge in [-0.1, -0.05) is 78.9 Å². The van der Waals surface area contributed by atoms with Gasteiger partial charge >= 0.3 is 0 Å². The largest absolute Gasteiger partial charge is 0.475 e. The number of para-hydroxylation sites is 3. The van der Waals surface area contributed by atoms with Gasteiger partial charge in [0.25, 0.3) is 0 Å². The van der Waals surface area contributed by atoms with Gasteiger partial charge in [-0.2, -0.15) is 0 Å². The number of aliphatic imine (C=N–C) groups is 2. The molecule has 4 aromatic rings. The maximum absolute atomic E-state index is 6.05. The first kappa shape index (κ1) is 22.6. The third-order valence-corrected chi connectivity index (χ3v) is 6.19. The second-order valence-electron chi connectivity index (χ2n) is 8.85. The summed E-state index contributed by atoms with van der Waals surface area (Å²) in [6, 6.07) is 33.2. The van der Waals surface area contributed by atoms with E-state index in [1.54, 1.807) is 0 Å². The lowest BCUT2D eigenvalue weighted by atomic mass is 10.1. The summed E-state index contributed by atoms with van der Waals surface area (Å²) < 4.78 is 6.05. The Morgan fingerprint density at radius 3 is 2.31 bits per heavy atom. The molecule has 0 radical (unpaired) electrons. The number of ether oxygens (including phenoxy) is 1. The Balaban J connectivity index is 1.39. The molecule has 4 heteroatoms. The molecule has 1 heterocycles. The van der Waals surface area contributed by atoms with Crippen molar-refractivity contribution in [1.29, 1.82) is 0 Å². The molecule has 0 amide bonds. The van der Waals surface area contributed by atoms with Crippen LogP contribution in [-0.4, -0.2) is 24.8 Å². The van der Waals surface area contributed by atoms with Crippen molar-refractivity contribution in [2.45, 2.75) is 26.3 Å². The summed E-state index contributed by atoms with van der Waals surface area (Å²) in [7, 11) is 0. The summed E-state index contributed by atoms with van der Waals surface area (Å²) in [6.45, 7) is 4.78. The minimum atomic E-state index is 0.122. The molecule has 0 aliphatic carbocycles. The zero-order valence-electron chi connectivity index (χ0n) is 20.1. The molecule has 1 N–H and O–H groups in total. The van der Waals surface area contributed by atoms with Crippen LogP contribution in [0.25, 0.3) is 0 Å². The topological polar surface area (TPSA) is 46.0 Å². The van der Waals surface area contributed by atoms with Crippen LogP contribution in [0.5, 0.6) is 0 Å². The van der Waals surface area contributed by atoms with E-state index < -0.39 is 0 Å². The molecule has 0 fully saturated rings. The van der Waals surface area contributed by atoms with Crippen molar-refractivity contribution in [3.8, 4) is 0 Å². The zero-order valence-corrected chi connectivity index (χ0v) is 20.1. The molecule has 35 heavy (non-hydrogen) atoms. The normalized spacial score (nSPS) is 15.1. The highest BCUT2D eigenvalue weighted by Crippen LogP contribution is 2.28. The fourth-order valence-electron chi connectivity index (χ4n) is 4.34. The smallest absolute Gasteiger partial charge is 0.218 e. The van der Waals surface area contributed by atoms with E-state index in [1.807, 2.05) is 36.5 Å². The van der Waals surface area contributed by atoms with Crippen LogP contribution in [0, 0.1) is 13.8 Å². The van der Waals surface area contributed by atoms with E-state index >= 15 is 0 Å². The molecule has 4 aromatic carbocycles. The first-order valence-electron chi connectivity index (χ1n) is 12.0. The van der Waals surface area contributed by atoms with Gasteiger partial charge < -0.3 is 10.1 Å². The molecule has 1 aliphatic rings. The van der Waals surface area contributed by atoms with Crippen LogP contribution >= 0.6 is 0 Å². The van der Waals surface area contributed by atoms with Crippen molar-refractivity contribution >= 4 is 29.2 Å². The van der Waals surface area contributed by atoms with Gasteiger partial charge in [-0.05, 0) is 55.2 Å². The number of rotatable bonds is 7. The van der Waals surface area contributed by atoms with Crippen LogP contribution in [0.2, 0.25) is 0 Å². The summed E-state index contributed by atoms with van der Waals surface area (Å²) in [6.07, 6.45) is 2.80. The summed E-state index contributed by atoms with van der Waals surface area (Å²) >= 11 is 0. The van der Waals surface area contributed by atoms with Gasteiger partial charge in [-0.15, -0.1) is 0 Å². The quantitative estimate of drug-likeness (QED) is 0.297. The van der Waals surface area contributed by atoms with Gasteiger partial charge in [-0.25, -0.2) is 4.99 Å². The Labute approximate surface area is 207 Å². The lowest BCUT2D eigenvalue weighted by molar-refractivity contribution is 0.317. The predicted octanol–water partition coefficient (Wildman–Crippen LogP) is 7.19. The molecule has 0 saturated carbocycles. The van der Waals surface area contributed by atoms with Crippen LogP contribution in [0.1, 0.15) is 27.8 Å². The molecule has 174 valence electrons. The minimum absolute atomic E-state index is 0.122. The molecule has 0 saturated heterocycles. The van der Waals surface area contributed by atoms with Crippen LogP contribution < -0.4 is 5.32 Å². The van der Waals surface area contributed by atoms with E-state index in [-0.39, 0.29) is 6.04 Å². The molecule has 4 nitrogen and oxygen atoms in total. The van der Waals surface area contributed by atoms with Gasteiger partial charge in [0.05, 0.1) is 23.0 Å². The van der Waals surface area contributed by atoms with Crippen molar-refractivity contribution in [3.63, 3.8) is 0 Å². The van der Waals surface area contributed by atoms with E-state index in [0.29, 0.717) is 12.5 Å². The Hall–Kier alpha value is -4.18. The zero-order chi connectivity index (χ0) is 24.0. The first-order chi connectivity index (χ1) is 17.2. The molecule has 1 atom stereocenters. The predicted molar refractivity (Wildman–Crippen MR) is 146 cm³/mol. The van der Waals surface area contributed by atoms with E-state index in [4.69, 9.17) is 14.7 Å². The van der Waals surface area contributed by atoms with Crippen LogP contribution in [0.3, 0.4) is 0 Å². The van der Waals surface area contributed by atoms with Gasteiger partial charge in [-0.3, -0.25) is 4.99 Å². The highest BCUT2D eigenvalue weighted by Gasteiger charge is 2.22. The summed E-state index contributed by atoms with van der Waals surface area (Å²) in [4.78, 5) is 9.72. The van der Waals surface area contributed by atoms with Crippen LogP contribution in [0.4, 0.5) is 17.1 Å². The van der Waals surface area contributed by atoms with E-state index in [9.17, 15) is 0 Å². The SMILES string of the molecule is Cc1cccc(C)c1N=Cc1ccccc1Nc1ccccc1C1=N[C@@H](Cc2ccccc2)CO1. The Morgan fingerprint density at radius 2 is 1.51 bits per heavy atom. The standard InChI is InChI=1S/C31H29N3O/c1-22-11-10-12-23(2)30(22)32-20-25-15-6-8-17-28(25)34-29-18-9-7-16-27(29)31-33-26(21-35-31)19-24-13-4-3-5-14-24/h3-18,20,26,34H,19,21H2,1-2H3/t26-/m0/s1. The number of nitrogens with one attached hydrogen (secondary N) is 1. The van der Waals surface area contributed by atoms with Crippen molar-refractivity contribution in [2.24, 2.45) is 9.98 Å². The average Bonchev–Trinajstić information content (AvgIpc) is 3.34. The Kier molecular flexibility index (Phi) is 6.71. The molecule has 1 aliphatic heterocycles. The first-order valence-corrected chi connectivity index (χ1v) is 12.0. The third-order valence-electron chi connectivity index (χ3n) is 6.19. The number of nitrogens with zero attached hydrogens (tertiary/aromatic N) is 2. The molecule has 5 rings (SSSR count). The second kappa shape index (κ2) is 10.4. The van der Waals surface area contributed by atoms with Gasteiger partial charge in [0, 0.05) is 17.5 Å². The number of aryl methyl sites for hydroxylation is 2. The molecular formula is C31H29N3O. The number of anilines is 2. The van der Waals surface area contributed by atoms with Crippen molar-refractivity contribution in [3.05, 3.63) is 125 Å². The van der Waals surface area contributed by atoms with Crippen molar-refractivity contribution in [2.75, 3.05) is 11.9 Å². The number of benzene rings is 4. The minimum Gasteiger partial charge on any atom is -0.475 e. The molecule has 0 aromatic heterocycles. The lowest BCUT2D eigenvalue weighted by Gasteiger charge is -2.14. The van der Waals surface area contributed by atoms with Crippen molar-refractivity contribution < 1.29 is 4.74 Å². The summed E-state index contributed by atoms with van der Waals surface area (Å²) in [5.74, 6) is 0.690. The van der Waals surface area contributed by atoms with E-state index in [0.717, 1.165) is 34.6 Å². The maximum Gasteiger partial charge on any atom is 0.218 e. The number of hydrogen-bond donors (Lipinski definition) is 1. The lowest BCUT2D eigenvalue weighted by Crippen LogP contribution is -2.09. The van der Waals surface area contributed by atoms with Gasteiger partial charge in [0.15, 0.2) is 0 Å². The summed E-state index contributed by atoms with van der Waals surface area (Å²) in [5, 5.41) is 3.60. The average molecular weight is 460 g/mol. The fourth-order valence-corrected chi connectivity index (χ4v) is 4.34. The van der Waals surface area contributed by atoms with Gasteiger partial charge in [0.1, 0.15) is 6.61 Å². The monoisotopic (exact) mass is 459 g/mol. The molecule has 0 spiro atoms. The molecule has 0 bridgehead atoms. The highest BCUT2D eigenvalue weighted by atomic mass is 16.5. The second-order valence-corrected chi connectivity index (χ2v) is 8.85. The fraction of sp³-hybridized carbons (Fsp3) is 0.161. The van der Waals surface area contributed by atoms with E-state index in [1.165, 1.54) is 16.7 Å². The van der Waals surface area contributed by atoms with E-state index in [2.05, 4.69) is 85.9 Å². The molecule has 0 unspecified atom stereocenters. The van der Waals surface area contributed by atoms with Crippen LogP contribution in [-0.2, 0) is 11.2 Å². The van der Waals surface area contributed by atoms with Crippen molar-refractivity contribution in [1.82, 2.24) is 0 Å². The summed E-state index contributed by atoms with van der Waals surface area (Å²) in [5.41, 5.74) is 8.53. The number of hydrogen-bond acceptors (Lipinski definition) is 4. The van der Waals surface area contributed by atoms with Crippen LogP contribution in [0.15, 0.2) is 107 Å². The Morgan fingerprint density at radius 1 is 0.829 bits per heavy atom.